The molecule has 124 valence electrons. The lowest BCUT2D eigenvalue weighted by Crippen LogP contribution is -2.52. The van der Waals surface area contributed by atoms with E-state index in [-0.39, 0.29) is 0 Å². The Bertz CT molecular complexity index is 257. The zero-order valence-corrected chi connectivity index (χ0v) is 14.6. The zero-order chi connectivity index (χ0) is 15.0. The average molecular weight is 295 g/mol. The molecule has 1 saturated carbocycles. The molecule has 1 aliphatic heterocycles. The van der Waals surface area contributed by atoms with Gasteiger partial charge in [0.1, 0.15) is 0 Å². The minimum absolute atomic E-state index is 0.391. The van der Waals surface area contributed by atoms with Crippen molar-refractivity contribution >= 4 is 0 Å². The predicted molar refractivity (Wildman–Crippen MR) is 92.8 cm³/mol. The lowest BCUT2D eigenvalue weighted by molar-refractivity contribution is 0.0973. The second-order valence-corrected chi connectivity index (χ2v) is 7.76. The standard InChI is InChI=1S/C19H38N2/c1-19(20-2)14-16-21(17-15-19)18-12-10-8-6-4-3-5-7-9-11-13-18/h18,20H,3-17H2,1-2H3. The molecular formula is C19H38N2. The molecule has 2 nitrogen and oxygen atoms in total. The largest absolute Gasteiger partial charge is 0.314 e. The van der Waals surface area contributed by atoms with Gasteiger partial charge in [-0.2, -0.15) is 0 Å². The molecular weight excluding hydrogens is 256 g/mol. The van der Waals surface area contributed by atoms with Gasteiger partial charge in [-0.3, -0.25) is 0 Å². The maximum atomic E-state index is 3.53. The summed E-state index contributed by atoms with van der Waals surface area (Å²) in [6.07, 6.45) is 18.8. The Morgan fingerprint density at radius 2 is 1.19 bits per heavy atom. The summed E-state index contributed by atoms with van der Waals surface area (Å²) in [4.78, 5) is 2.82. The van der Waals surface area contributed by atoms with Crippen molar-refractivity contribution in [2.24, 2.45) is 0 Å². The summed E-state index contributed by atoms with van der Waals surface area (Å²) < 4.78 is 0. The molecule has 0 unspecified atom stereocenters. The first-order chi connectivity index (χ1) is 10.2. The predicted octanol–water partition coefficient (Wildman–Crippen LogP) is 4.73. The van der Waals surface area contributed by atoms with E-state index >= 15 is 0 Å². The molecule has 2 heteroatoms. The van der Waals surface area contributed by atoms with Gasteiger partial charge in [0.2, 0.25) is 0 Å². The first-order valence-corrected chi connectivity index (χ1v) is 9.66. The van der Waals surface area contributed by atoms with Crippen molar-refractivity contribution in [2.45, 2.75) is 102 Å². The molecule has 1 saturated heterocycles. The SMILES string of the molecule is CNC1(C)CCN(C2CCCCCCCCCCC2)CC1. The molecule has 0 spiro atoms. The monoisotopic (exact) mass is 294 g/mol. The van der Waals surface area contributed by atoms with Crippen LogP contribution >= 0.6 is 0 Å². The summed E-state index contributed by atoms with van der Waals surface area (Å²) in [5, 5.41) is 3.53. The van der Waals surface area contributed by atoms with E-state index < -0.39 is 0 Å². The van der Waals surface area contributed by atoms with Gasteiger partial charge in [-0.1, -0.05) is 57.8 Å². The second kappa shape index (κ2) is 9.15. The van der Waals surface area contributed by atoms with E-state index in [1.165, 1.54) is 96.6 Å². The molecule has 0 aromatic carbocycles. The lowest BCUT2D eigenvalue weighted by Gasteiger charge is -2.43. The summed E-state index contributed by atoms with van der Waals surface area (Å²) >= 11 is 0. The Morgan fingerprint density at radius 1 is 0.762 bits per heavy atom. The van der Waals surface area contributed by atoms with Crippen molar-refractivity contribution in [1.82, 2.24) is 10.2 Å². The van der Waals surface area contributed by atoms with E-state index in [9.17, 15) is 0 Å². The van der Waals surface area contributed by atoms with Crippen molar-refractivity contribution in [2.75, 3.05) is 20.1 Å². The van der Waals surface area contributed by atoms with Crippen LogP contribution in [0.3, 0.4) is 0 Å². The smallest absolute Gasteiger partial charge is 0.0174 e. The van der Waals surface area contributed by atoms with E-state index in [1.807, 2.05) is 0 Å². The summed E-state index contributed by atoms with van der Waals surface area (Å²) in [7, 11) is 2.13. The summed E-state index contributed by atoms with van der Waals surface area (Å²) in [6.45, 7) is 5.01. The zero-order valence-electron chi connectivity index (χ0n) is 14.6. The van der Waals surface area contributed by atoms with Crippen molar-refractivity contribution < 1.29 is 0 Å². The Balaban J connectivity index is 1.80. The first kappa shape index (κ1) is 17.3. The fourth-order valence-corrected chi connectivity index (χ4v) is 4.14. The number of nitrogens with one attached hydrogen (secondary N) is 1. The van der Waals surface area contributed by atoms with E-state index in [4.69, 9.17) is 0 Å². The lowest BCUT2D eigenvalue weighted by atomic mass is 9.87. The van der Waals surface area contributed by atoms with Crippen molar-refractivity contribution in [3.05, 3.63) is 0 Å². The van der Waals surface area contributed by atoms with Crippen LogP contribution in [0.25, 0.3) is 0 Å². The summed E-state index contributed by atoms with van der Waals surface area (Å²) in [5.74, 6) is 0. The topological polar surface area (TPSA) is 15.3 Å². The highest BCUT2D eigenvalue weighted by Gasteiger charge is 2.30. The highest BCUT2D eigenvalue weighted by atomic mass is 15.2. The summed E-state index contributed by atoms with van der Waals surface area (Å²) in [5.41, 5.74) is 0.391. The van der Waals surface area contributed by atoms with E-state index in [2.05, 4.69) is 24.2 Å². The van der Waals surface area contributed by atoms with Crippen LogP contribution in [0, 0.1) is 0 Å². The van der Waals surface area contributed by atoms with Gasteiger partial charge in [-0.15, -0.1) is 0 Å². The minimum atomic E-state index is 0.391. The molecule has 1 heterocycles. The number of rotatable bonds is 2. The van der Waals surface area contributed by atoms with E-state index in [0.717, 1.165) is 6.04 Å². The fraction of sp³-hybridized carbons (Fsp3) is 1.00. The molecule has 0 aromatic rings. The van der Waals surface area contributed by atoms with Crippen LogP contribution in [0.4, 0.5) is 0 Å². The molecule has 0 atom stereocenters. The van der Waals surface area contributed by atoms with Crippen molar-refractivity contribution in [3.8, 4) is 0 Å². The molecule has 2 aliphatic rings. The van der Waals surface area contributed by atoms with Crippen LogP contribution in [0.1, 0.15) is 90.4 Å². The third-order valence-corrected chi connectivity index (χ3v) is 6.10. The molecule has 0 bridgehead atoms. The number of likely N-dealkylation sites (tertiary alicyclic amines) is 1. The van der Waals surface area contributed by atoms with Gasteiger partial charge >= 0.3 is 0 Å². The van der Waals surface area contributed by atoms with Gasteiger partial charge in [0.05, 0.1) is 0 Å². The van der Waals surface area contributed by atoms with Crippen LogP contribution in [-0.4, -0.2) is 36.6 Å². The Morgan fingerprint density at radius 3 is 1.62 bits per heavy atom. The van der Waals surface area contributed by atoms with Gasteiger partial charge in [0, 0.05) is 24.7 Å². The highest BCUT2D eigenvalue weighted by molar-refractivity contribution is 4.90. The van der Waals surface area contributed by atoms with Crippen LogP contribution in [-0.2, 0) is 0 Å². The second-order valence-electron chi connectivity index (χ2n) is 7.76. The maximum Gasteiger partial charge on any atom is 0.0174 e. The molecule has 0 aromatic heterocycles. The number of hydrogen-bond donors (Lipinski definition) is 1. The Kier molecular flexibility index (Phi) is 7.53. The van der Waals surface area contributed by atoms with Gasteiger partial charge in [0.15, 0.2) is 0 Å². The van der Waals surface area contributed by atoms with Gasteiger partial charge in [-0.25, -0.2) is 0 Å². The molecule has 0 amide bonds. The highest BCUT2D eigenvalue weighted by Crippen LogP contribution is 2.27. The van der Waals surface area contributed by atoms with Gasteiger partial charge in [-0.05, 0) is 39.7 Å². The normalized spacial score (nSPS) is 27.7. The quantitative estimate of drug-likeness (QED) is 0.792. The van der Waals surface area contributed by atoms with Crippen LogP contribution in [0.2, 0.25) is 0 Å². The maximum absolute atomic E-state index is 3.53. The van der Waals surface area contributed by atoms with Crippen LogP contribution < -0.4 is 5.32 Å². The number of piperidine rings is 1. The van der Waals surface area contributed by atoms with Crippen molar-refractivity contribution in [3.63, 3.8) is 0 Å². The summed E-state index contributed by atoms with van der Waals surface area (Å²) in [6, 6.07) is 0.880. The molecule has 21 heavy (non-hydrogen) atoms. The van der Waals surface area contributed by atoms with Crippen LogP contribution in [0.5, 0.6) is 0 Å². The molecule has 2 rings (SSSR count). The van der Waals surface area contributed by atoms with E-state index in [0.29, 0.717) is 5.54 Å². The third-order valence-electron chi connectivity index (χ3n) is 6.10. The van der Waals surface area contributed by atoms with Crippen molar-refractivity contribution in [1.29, 1.82) is 0 Å². The molecule has 0 radical (unpaired) electrons. The third kappa shape index (κ3) is 5.90. The molecule has 1 aliphatic carbocycles. The van der Waals surface area contributed by atoms with Gasteiger partial charge < -0.3 is 10.2 Å². The molecule has 2 fully saturated rings. The van der Waals surface area contributed by atoms with E-state index in [1.54, 1.807) is 0 Å². The fourth-order valence-electron chi connectivity index (χ4n) is 4.14. The first-order valence-electron chi connectivity index (χ1n) is 9.66. The van der Waals surface area contributed by atoms with Gasteiger partial charge in [0.25, 0.3) is 0 Å². The number of hydrogen-bond acceptors (Lipinski definition) is 2. The minimum Gasteiger partial charge on any atom is -0.314 e. The Labute approximate surface area is 133 Å². The van der Waals surface area contributed by atoms with Crippen LogP contribution in [0.15, 0.2) is 0 Å². The average Bonchev–Trinajstić information content (AvgIpc) is 2.49. The Hall–Kier alpha value is -0.0800. The number of nitrogens with zero attached hydrogens (tertiary/aromatic N) is 1. The molecule has 1 N–H and O–H groups in total.